The monoisotopic (exact) mass is 302 g/mol. The molecule has 0 unspecified atom stereocenters. The second-order valence-corrected chi connectivity index (χ2v) is 4.74. The fraction of sp³-hybridized carbons (Fsp3) is 0.250. The van der Waals surface area contributed by atoms with E-state index in [2.05, 4.69) is 10.6 Å². The Kier molecular flexibility index (Phi) is 5.59. The van der Waals surface area contributed by atoms with Crippen molar-refractivity contribution in [3.8, 4) is 11.3 Å². The number of furan rings is 1. The summed E-state index contributed by atoms with van der Waals surface area (Å²) < 4.78 is 5.66. The summed E-state index contributed by atoms with van der Waals surface area (Å²) in [7, 11) is 0. The molecule has 3 N–H and O–H groups in total. The number of benzene rings is 1. The van der Waals surface area contributed by atoms with Crippen molar-refractivity contribution in [1.82, 2.24) is 10.6 Å². The summed E-state index contributed by atoms with van der Waals surface area (Å²) in [5.41, 5.74) is 0.979. The molecule has 1 aromatic carbocycles. The Hall–Kier alpha value is -2.76. The van der Waals surface area contributed by atoms with Crippen molar-refractivity contribution in [2.24, 2.45) is 0 Å². The minimum atomic E-state index is -0.869. The molecule has 0 aliphatic rings. The van der Waals surface area contributed by atoms with Crippen molar-refractivity contribution in [1.29, 1.82) is 0 Å². The highest BCUT2D eigenvalue weighted by atomic mass is 16.4. The Balaban J connectivity index is 1.74. The largest absolute Gasteiger partial charge is 0.481 e. The molecular formula is C16H18N2O4. The number of rotatable bonds is 7. The lowest BCUT2D eigenvalue weighted by Gasteiger charge is -2.05. The maximum atomic E-state index is 11.5. The van der Waals surface area contributed by atoms with Gasteiger partial charge in [0.05, 0.1) is 6.54 Å². The van der Waals surface area contributed by atoms with Crippen molar-refractivity contribution in [2.75, 3.05) is 6.54 Å². The SMILES string of the molecule is O=C(O)CCCNC(=O)NCc1ccc(-c2ccccc2)o1. The average Bonchev–Trinajstić information content (AvgIpc) is 2.99. The molecule has 6 nitrogen and oxygen atoms in total. The van der Waals surface area contributed by atoms with Crippen molar-refractivity contribution in [2.45, 2.75) is 19.4 Å². The van der Waals surface area contributed by atoms with E-state index in [0.717, 1.165) is 11.3 Å². The first kappa shape index (κ1) is 15.6. The van der Waals surface area contributed by atoms with Crippen LogP contribution in [0.2, 0.25) is 0 Å². The third-order valence-electron chi connectivity index (χ3n) is 3.00. The quantitative estimate of drug-likeness (QED) is 0.686. The third kappa shape index (κ3) is 4.97. The number of carbonyl (C=O) groups excluding carboxylic acids is 1. The van der Waals surface area contributed by atoms with Crippen LogP contribution < -0.4 is 10.6 Å². The predicted octanol–water partition coefficient (Wildman–Crippen LogP) is 2.61. The first-order valence-corrected chi connectivity index (χ1v) is 7.03. The highest BCUT2D eigenvalue weighted by Gasteiger charge is 2.06. The van der Waals surface area contributed by atoms with Gasteiger partial charge in [-0.05, 0) is 18.6 Å². The summed E-state index contributed by atoms with van der Waals surface area (Å²) in [6.45, 7) is 0.600. The molecular weight excluding hydrogens is 284 g/mol. The van der Waals surface area contributed by atoms with E-state index in [-0.39, 0.29) is 19.0 Å². The molecule has 0 saturated carbocycles. The normalized spacial score (nSPS) is 10.2. The van der Waals surface area contributed by atoms with Crippen LogP contribution >= 0.6 is 0 Å². The minimum absolute atomic E-state index is 0.0406. The van der Waals surface area contributed by atoms with Gasteiger partial charge >= 0.3 is 12.0 Å². The van der Waals surface area contributed by atoms with Gasteiger partial charge in [-0.15, -0.1) is 0 Å². The van der Waals surface area contributed by atoms with E-state index in [1.54, 1.807) is 0 Å². The van der Waals surface area contributed by atoms with Crippen LogP contribution in [0.25, 0.3) is 11.3 Å². The molecule has 0 radical (unpaired) electrons. The maximum Gasteiger partial charge on any atom is 0.315 e. The topological polar surface area (TPSA) is 91.6 Å². The fourth-order valence-corrected chi connectivity index (χ4v) is 1.90. The molecule has 0 fully saturated rings. The van der Waals surface area contributed by atoms with Gasteiger partial charge in [0.15, 0.2) is 0 Å². The van der Waals surface area contributed by atoms with E-state index in [4.69, 9.17) is 9.52 Å². The van der Waals surface area contributed by atoms with Crippen LogP contribution in [0.5, 0.6) is 0 Å². The van der Waals surface area contributed by atoms with Crippen LogP contribution in [-0.4, -0.2) is 23.7 Å². The zero-order valence-electron chi connectivity index (χ0n) is 12.0. The molecule has 0 spiro atoms. The molecule has 0 bridgehead atoms. The highest BCUT2D eigenvalue weighted by molar-refractivity contribution is 5.73. The van der Waals surface area contributed by atoms with Gasteiger partial charge in [0, 0.05) is 18.5 Å². The van der Waals surface area contributed by atoms with Gasteiger partial charge in [-0.1, -0.05) is 30.3 Å². The molecule has 1 aromatic heterocycles. The molecule has 22 heavy (non-hydrogen) atoms. The van der Waals surface area contributed by atoms with E-state index >= 15 is 0 Å². The van der Waals surface area contributed by atoms with Gasteiger partial charge in [0.1, 0.15) is 11.5 Å². The lowest BCUT2D eigenvalue weighted by molar-refractivity contribution is -0.137. The van der Waals surface area contributed by atoms with Crippen LogP contribution in [0.4, 0.5) is 4.79 Å². The summed E-state index contributed by atoms with van der Waals surface area (Å²) in [6.07, 6.45) is 0.445. The highest BCUT2D eigenvalue weighted by Crippen LogP contribution is 2.21. The Morgan fingerprint density at radius 2 is 1.82 bits per heavy atom. The van der Waals surface area contributed by atoms with Crippen LogP contribution in [0, 0.1) is 0 Å². The molecule has 2 rings (SSSR count). The van der Waals surface area contributed by atoms with Gasteiger partial charge in [-0.25, -0.2) is 4.79 Å². The van der Waals surface area contributed by atoms with Gasteiger partial charge in [0.2, 0.25) is 0 Å². The molecule has 0 atom stereocenters. The summed E-state index contributed by atoms with van der Waals surface area (Å²) in [6, 6.07) is 13.0. The van der Waals surface area contributed by atoms with Gasteiger partial charge < -0.3 is 20.2 Å². The predicted molar refractivity (Wildman–Crippen MR) is 81.3 cm³/mol. The lowest BCUT2D eigenvalue weighted by Crippen LogP contribution is -2.35. The minimum Gasteiger partial charge on any atom is -0.481 e. The average molecular weight is 302 g/mol. The molecule has 2 aromatic rings. The zero-order valence-corrected chi connectivity index (χ0v) is 12.0. The molecule has 6 heteroatoms. The molecule has 1 heterocycles. The number of hydrogen-bond donors (Lipinski definition) is 3. The van der Waals surface area contributed by atoms with E-state index in [1.807, 2.05) is 42.5 Å². The Bertz CT molecular complexity index is 622. The number of urea groups is 1. The van der Waals surface area contributed by atoms with Gasteiger partial charge in [-0.2, -0.15) is 0 Å². The van der Waals surface area contributed by atoms with Gasteiger partial charge in [0.25, 0.3) is 0 Å². The Labute approximate surface area is 128 Å². The lowest BCUT2D eigenvalue weighted by atomic mass is 10.2. The van der Waals surface area contributed by atoms with Crippen LogP contribution in [-0.2, 0) is 11.3 Å². The molecule has 2 amide bonds. The number of carbonyl (C=O) groups is 2. The summed E-state index contributed by atoms with van der Waals surface area (Å²) >= 11 is 0. The fourth-order valence-electron chi connectivity index (χ4n) is 1.90. The van der Waals surface area contributed by atoms with E-state index < -0.39 is 5.97 Å². The first-order valence-electron chi connectivity index (χ1n) is 7.03. The zero-order chi connectivity index (χ0) is 15.8. The van der Waals surface area contributed by atoms with Crippen molar-refractivity contribution in [3.05, 3.63) is 48.2 Å². The van der Waals surface area contributed by atoms with Crippen LogP contribution in [0.15, 0.2) is 46.9 Å². The number of carboxylic acids is 1. The second kappa shape index (κ2) is 7.87. The van der Waals surface area contributed by atoms with Gasteiger partial charge in [-0.3, -0.25) is 4.79 Å². The molecule has 116 valence electrons. The van der Waals surface area contributed by atoms with Crippen LogP contribution in [0.3, 0.4) is 0 Å². The summed E-state index contributed by atoms with van der Waals surface area (Å²) in [4.78, 5) is 21.9. The summed E-state index contributed by atoms with van der Waals surface area (Å²) in [5, 5.41) is 13.7. The standard InChI is InChI=1S/C16H18N2O4/c19-15(20)7-4-10-17-16(21)18-11-13-8-9-14(22-13)12-5-2-1-3-6-12/h1-3,5-6,8-9H,4,7,10-11H2,(H,19,20)(H2,17,18,21). The number of carboxylic acid groups (broad SMARTS) is 1. The van der Waals surface area contributed by atoms with E-state index in [9.17, 15) is 9.59 Å². The van der Waals surface area contributed by atoms with Crippen molar-refractivity contribution < 1.29 is 19.1 Å². The van der Waals surface area contributed by atoms with Crippen LogP contribution in [0.1, 0.15) is 18.6 Å². The van der Waals surface area contributed by atoms with Crippen molar-refractivity contribution >= 4 is 12.0 Å². The second-order valence-electron chi connectivity index (χ2n) is 4.74. The summed E-state index contributed by atoms with van der Waals surface area (Å²) in [5.74, 6) is 0.532. The first-order chi connectivity index (χ1) is 10.6. The molecule has 0 saturated heterocycles. The Morgan fingerprint density at radius 1 is 1.05 bits per heavy atom. The number of nitrogens with one attached hydrogen (secondary N) is 2. The number of hydrogen-bond acceptors (Lipinski definition) is 3. The Morgan fingerprint density at radius 3 is 2.55 bits per heavy atom. The number of aliphatic carboxylic acids is 1. The number of amides is 2. The third-order valence-corrected chi connectivity index (χ3v) is 3.00. The molecule has 0 aliphatic carbocycles. The maximum absolute atomic E-state index is 11.5. The van der Waals surface area contributed by atoms with E-state index in [1.165, 1.54) is 0 Å². The molecule has 0 aliphatic heterocycles. The van der Waals surface area contributed by atoms with Crippen molar-refractivity contribution in [3.63, 3.8) is 0 Å². The van der Waals surface area contributed by atoms with E-state index in [0.29, 0.717) is 18.7 Å². The smallest absolute Gasteiger partial charge is 0.315 e.